The molecule has 0 unspecified atom stereocenters. The number of hydrogen-bond donors (Lipinski definition) is 2. The van der Waals surface area contributed by atoms with Crippen LogP contribution in [0.5, 0.6) is 5.75 Å². The Morgan fingerprint density at radius 3 is 2.81 bits per heavy atom. The summed E-state index contributed by atoms with van der Waals surface area (Å²) in [5, 5.41) is 16.4. The van der Waals surface area contributed by atoms with Crippen LogP contribution in [0.15, 0.2) is 30.7 Å². The maximum atomic E-state index is 13.1. The van der Waals surface area contributed by atoms with Crippen LogP contribution in [0.1, 0.15) is 28.2 Å². The van der Waals surface area contributed by atoms with Crippen molar-refractivity contribution >= 4 is 16.8 Å². The van der Waals surface area contributed by atoms with Crippen LogP contribution in [-0.4, -0.2) is 62.9 Å². The second-order valence-corrected chi connectivity index (χ2v) is 7.04. The van der Waals surface area contributed by atoms with Gasteiger partial charge in [-0.2, -0.15) is 13.9 Å². The predicted molar refractivity (Wildman–Crippen MR) is 106 cm³/mol. The summed E-state index contributed by atoms with van der Waals surface area (Å²) in [5.41, 5.74) is 1.70. The van der Waals surface area contributed by atoms with Crippen molar-refractivity contribution < 1.29 is 32.2 Å². The van der Waals surface area contributed by atoms with Crippen LogP contribution in [0.3, 0.4) is 0 Å². The average Bonchev–Trinajstić information content (AvgIpc) is 3.15. The van der Waals surface area contributed by atoms with Crippen molar-refractivity contribution in [3.05, 3.63) is 47.7 Å². The molecule has 0 fully saturated rings. The van der Waals surface area contributed by atoms with E-state index >= 15 is 0 Å². The Hall–Kier alpha value is -3.28. The number of aryl methyl sites for hydroxylation is 1. The van der Waals surface area contributed by atoms with E-state index in [9.17, 15) is 22.4 Å². The van der Waals surface area contributed by atoms with Crippen molar-refractivity contribution in [3.8, 4) is 5.75 Å². The van der Waals surface area contributed by atoms with E-state index < -0.39 is 19.0 Å². The number of carbonyl (C=O) groups is 1. The van der Waals surface area contributed by atoms with Crippen LogP contribution in [0, 0.1) is 6.92 Å². The molecule has 0 bridgehead atoms. The van der Waals surface area contributed by atoms with Crippen LogP contribution < -0.4 is 10.1 Å². The zero-order valence-corrected chi connectivity index (χ0v) is 17.1. The fourth-order valence-corrected chi connectivity index (χ4v) is 2.86. The van der Waals surface area contributed by atoms with Crippen LogP contribution in [0.25, 0.3) is 10.9 Å². The summed E-state index contributed by atoms with van der Waals surface area (Å²) in [5.74, 6) is -4.67. The molecule has 32 heavy (non-hydrogen) atoms. The van der Waals surface area contributed by atoms with Gasteiger partial charge < -0.3 is 15.2 Å². The number of amides is 1. The van der Waals surface area contributed by atoms with Crippen LogP contribution in [0.4, 0.5) is 17.6 Å². The van der Waals surface area contributed by atoms with E-state index in [0.717, 1.165) is 0 Å². The van der Waals surface area contributed by atoms with Gasteiger partial charge in [0.25, 0.3) is 5.91 Å². The number of aromatic nitrogens is 4. The van der Waals surface area contributed by atoms with Crippen molar-refractivity contribution in [1.29, 1.82) is 0 Å². The van der Waals surface area contributed by atoms with E-state index in [1.54, 1.807) is 29.9 Å². The van der Waals surface area contributed by atoms with Crippen molar-refractivity contribution in [2.45, 2.75) is 32.2 Å². The second-order valence-electron chi connectivity index (χ2n) is 7.04. The van der Waals surface area contributed by atoms with Gasteiger partial charge in [0.05, 0.1) is 29.3 Å². The minimum atomic E-state index is -4.25. The van der Waals surface area contributed by atoms with E-state index in [0.29, 0.717) is 35.1 Å². The highest BCUT2D eigenvalue weighted by Crippen LogP contribution is 2.26. The second kappa shape index (κ2) is 9.90. The Bertz CT molecular complexity index is 1090. The first-order valence-corrected chi connectivity index (χ1v) is 9.67. The molecule has 12 heteroatoms. The summed E-state index contributed by atoms with van der Waals surface area (Å²) in [7, 11) is 0. The number of aliphatic hydroxyl groups excluding tert-OH is 1. The number of pyridine rings is 2. The first-order chi connectivity index (χ1) is 15.2. The van der Waals surface area contributed by atoms with Crippen LogP contribution in [0.2, 0.25) is 0 Å². The van der Waals surface area contributed by atoms with Crippen molar-refractivity contribution in [2.75, 3.05) is 19.8 Å². The summed E-state index contributed by atoms with van der Waals surface area (Å²) < 4.78 is 57.0. The third kappa shape index (κ3) is 5.49. The highest BCUT2D eigenvalue weighted by Gasteiger charge is 2.41. The quantitative estimate of drug-likeness (QED) is 0.360. The molecule has 0 spiro atoms. The zero-order valence-electron chi connectivity index (χ0n) is 17.1. The smallest absolute Gasteiger partial charge is 0.340 e. The third-order valence-electron chi connectivity index (χ3n) is 4.50. The lowest BCUT2D eigenvalue weighted by atomic mass is 10.2. The number of carbonyl (C=O) groups excluding carboxylic acids is 1. The van der Waals surface area contributed by atoms with Crippen LogP contribution >= 0.6 is 0 Å². The predicted octanol–water partition coefficient (Wildman–Crippen LogP) is 2.57. The largest absolute Gasteiger partial charge is 0.485 e. The number of alkyl halides is 4. The molecule has 172 valence electrons. The first kappa shape index (κ1) is 23.4. The SMILES string of the molecule is Cc1cc(Cn2cc3c(C(=O)NCCCO)nccc3n2)ncc1OCC(F)(F)C(F)F. The Morgan fingerprint density at radius 2 is 2.12 bits per heavy atom. The molecule has 3 aromatic heterocycles. The van der Waals surface area contributed by atoms with Gasteiger partial charge in [0.15, 0.2) is 6.61 Å². The summed E-state index contributed by atoms with van der Waals surface area (Å²) in [6, 6.07) is 3.22. The fourth-order valence-electron chi connectivity index (χ4n) is 2.86. The summed E-state index contributed by atoms with van der Waals surface area (Å²) in [6.45, 7) is 0.601. The van der Waals surface area contributed by atoms with E-state index in [4.69, 9.17) is 9.84 Å². The topological polar surface area (TPSA) is 102 Å². The molecule has 3 aromatic rings. The lowest BCUT2D eigenvalue weighted by Gasteiger charge is -2.17. The summed E-state index contributed by atoms with van der Waals surface area (Å²) >= 11 is 0. The van der Waals surface area contributed by atoms with E-state index in [1.807, 2.05) is 0 Å². The normalized spacial score (nSPS) is 11.8. The van der Waals surface area contributed by atoms with Gasteiger partial charge in [-0.05, 0) is 31.0 Å². The van der Waals surface area contributed by atoms with Crippen molar-refractivity contribution in [3.63, 3.8) is 0 Å². The van der Waals surface area contributed by atoms with Gasteiger partial charge in [-0.1, -0.05) is 0 Å². The minimum Gasteiger partial charge on any atom is -0.485 e. The molecule has 0 radical (unpaired) electrons. The maximum absolute atomic E-state index is 13.1. The molecule has 0 atom stereocenters. The number of nitrogens with one attached hydrogen (secondary N) is 1. The maximum Gasteiger partial charge on any atom is 0.340 e. The van der Waals surface area contributed by atoms with Gasteiger partial charge in [-0.15, -0.1) is 0 Å². The van der Waals surface area contributed by atoms with Gasteiger partial charge in [0.1, 0.15) is 11.4 Å². The molecule has 0 aliphatic carbocycles. The lowest BCUT2D eigenvalue weighted by Crippen LogP contribution is -2.33. The fraction of sp³-hybridized carbons (Fsp3) is 0.400. The number of aliphatic hydroxyl groups is 1. The molecular formula is C20H21F4N5O3. The first-order valence-electron chi connectivity index (χ1n) is 9.67. The Balaban J connectivity index is 1.73. The standard InChI is InChI=1S/C20H21F4N5O3/c1-12-7-13(27-8-16(12)32-11-20(23,24)19(21)22)9-29-10-14-15(28-29)3-5-25-17(14)18(31)26-4-2-6-30/h3,5,7-8,10,19,30H,2,4,6,9,11H2,1H3,(H,26,31). The minimum absolute atomic E-state index is 0.0225. The average molecular weight is 455 g/mol. The molecule has 0 saturated heterocycles. The molecule has 1 amide bonds. The summed E-state index contributed by atoms with van der Waals surface area (Å²) in [4.78, 5) is 20.6. The number of ether oxygens (including phenoxy) is 1. The zero-order chi connectivity index (χ0) is 23.3. The number of rotatable bonds is 10. The number of nitrogens with zero attached hydrogens (tertiary/aromatic N) is 4. The monoisotopic (exact) mass is 455 g/mol. The van der Waals surface area contributed by atoms with Gasteiger partial charge >= 0.3 is 12.3 Å². The molecule has 0 aliphatic rings. The lowest BCUT2D eigenvalue weighted by molar-refractivity contribution is -0.148. The van der Waals surface area contributed by atoms with E-state index in [-0.39, 0.29) is 30.5 Å². The Kier molecular flexibility index (Phi) is 7.23. The summed E-state index contributed by atoms with van der Waals surface area (Å²) in [6.07, 6.45) is 0.890. The molecule has 3 heterocycles. The van der Waals surface area contributed by atoms with Gasteiger partial charge in [0.2, 0.25) is 0 Å². The van der Waals surface area contributed by atoms with Crippen LogP contribution in [-0.2, 0) is 6.54 Å². The van der Waals surface area contributed by atoms with Gasteiger partial charge in [-0.25, -0.2) is 8.78 Å². The molecule has 0 saturated carbocycles. The molecular weight excluding hydrogens is 434 g/mol. The highest BCUT2D eigenvalue weighted by atomic mass is 19.3. The molecule has 0 aromatic carbocycles. The molecule has 2 N–H and O–H groups in total. The highest BCUT2D eigenvalue weighted by molar-refractivity contribution is 6.04. The molecule has 3 rings (SSSR count). The molecule has 0 aliphatic heterocycles. The van der Waals surface area contributed by atoms with E-state index in [1.165, 1.54) is 12.4 Å². The third-order valence-corrected chi connectivity index (χ3v) is 4.50. The van der Waals surface area contributed by atoms with Crippen molar-refractivity contribution in [1.82, 2.24) is 25.1 Å². The number of fused-ring (bicyclic) bond motifs is 1. The number of hydrogen-bond acceptors (Lipinski definition) is 6. The van der Waals surface area contributed by atoms with Crippen molar-refractivity contribution in [2.24, 2.45) is 0 Å². The number of halogens is 4. The van der Waals surface area contributed by atoms with Gasteiger partial charge in [-0.3, -0.25) is 19.4 Å². The Morgan fingerprint density at radius 1 is 1.34 bits per heavy atom. The Labute approximate surface area is 180 Å². The van der Waals surface area contributed by atoms with Gasteiger partial charge in [0, 0.05) is 25.5 Å². The van der Waals surface area contributed by atoms with E-state index in [2.05, 4.69) is 20.4 Å². The molecule has 8 nitrogen and oxygen atoms in total.